The molecule has 0 aromatic heterocycles. The predicted octanol–water partition coefficient (Wildman–Crippen LogP) is 4.55. The van der Waals surface area contributed by atoms with Crippen molar-refractivity contribution in [2.75, 3.05) is 26.4 Å². The van der Waals surface area contributed by atoms with Crippen molar-refractivity contribution >= 4 is 70.6 Å². The van der Waals surface area contributed by atoms with Crippen LogP contribution in [-0.4, -0.2) is 37.3 Å². The Morgan fingerprint density at radius 2 is 1.09 bits per heavy atom. The Morgan fingerprint density at radius 1 is 0.591 bits per heavy atom. The van der Waals surface area contributed by atoms with E-state index >= 15 is 0 Å². The Balaban J connectivity index is 1.34. The largest absolute Gasteiger partial charge is 0.480 e. The van der Waals surface area contributed by atoms with E-state index in [9.17, 15) is 0 Å². The molecule has 0 aromatic carbocycles. The van der Waals surface area contributed by atoms with Crippen LogP contribution >= 0.6 is 70.6 Å². The number of thioether (sulfide) groups is 6. The highest BCUT2D eigenvalue weighted by atomic mass is 32.3. The quantitative estimate of drug-likeness (QED) is 0.567. The van der Waals surface area contributed by atoms with Crippen molar-refractivity contribution in [1.29, 1.82) is 0 Å². The van der Waals surface area contributed by atoms with Gasteiger partial charge in [-0.25, -0.2) is 0 Å². The van der Waals surface area contributed by atoms with E-state index in [1.54, 1.807) is 47.0 Å². The number of hydrogen-bond donors (Lipinski definition) is 0. The van der Waals surface area contributed by atoms with Crippen LogP contribution in [0.25, 0.3) is 0 Å². The first kappa shape index (κ1) is 15.1. The molecule has 4 nitrogen and oxygen atoms in total. The van der Waals surface area contributed by atoms with Crippen LogP contribution < -0.4 is 0 Å². The van der Waals surface area contributed by atoms with Crippen molar-refractivity contribution in [3.8, 4) is 0 Å². The fourth-order valence-corrected chi connectivity index (χ4v) is 11.0. The molecule has 5 aliphatic rings. The highest BCUT2D eigenvalue weighted by molar-refractivity contribution is 8.43. The maximum atomic E-state index is 5.81. The Kier molecular flexibility index (Phi) is 4.32. The summed E-state index contributed by atoms with van der Waals surface area (Å²) in [5.74, 6) is 0. The summed E-state index contributed by atoms with van der Waals surface area (Å²) < 4.78 is 28.2. The van der Waals surface area contributed by atoms with Crippen LogP contribution in [0.15, 0.2) is 27.1 Å². The van der Waals surface area contributed by atoms with Gasteiger partial charge in [0.1, 0.15) is 24.1 Å². The summed E-state index contributed by atoms with van der Waals surface area (Å²) >= 11 is 10.7. The molecule has 0 amide bonds. The second-order valence-electron chi connectivity index (χ2n) is 4.54. The Bertz CT molecular complexity index is 567. The molecule has 5 heterocycles. The van der Waals surface area contributed by atoms with Crippen molar-refractivity contribution in [2.45, 2.75) is 10.9 Å². The van der Waals surface area contributed by atoms with E-state index in [0.29, 0.717) is 26.4 Å². The molecule has 118 valence electrons. The third kappa shape index (κ3) is 2.73. The molecule has 10 heteroatoms. The minimum atomic E-state index is 0.122. The van der Waals surface area contributed by atoms with Crippen molar-refractivity contribution in [3.63, 3.8) is 0 Å². The van der Waals surface area contributed by atoms with E-state index in [4.69, 9.17) is 18.9 Å². The van der Waals surface area contributed by atoms with Crippen molar-refractivity contribution < 1.29 is 18.9 Å². The maximum absolute atomic E-state index is 5.81. The molecule has 1 fully saturated rings. The molecule has 0 saturated carbocycles. The summed E-state index contributed by atoms with van der Waals surface area (Å²) in [5, 5.41) is 1.84. The number of rotatable bonds is 0. The molecular formula is C12H10O4S6. The lowest BCUT2D eigenvalue weighted by Crippen LogP contribution is -2.35. The standard InChI is InChI=1S/C12H10O4S6/c1-2-14-6-5(13-1)17-9(18-6)12-21-10-11(22-12)20-8-7(19-10)15-3-4-16-8/h7-8H,1-4H2. The van der Waals surface area contributed by atoms with Gasteiger partial charge in [0, 0.05) is 0 Å². The number of hydrogen-bond acceptors (Lipinski definition) is 10. The minimum absolute atomic E-state index is 0.122. The number of ether oxygens (including phenoxy) is 4. The molecule has 2 unspecified atom stereocenters. The highest BCUT2D eigenvalue weighted by Crippen LogP contribution is 2.67. The first-order valence-corrected chi connectivity index (χ1v) is 11.7. The van der Waals surface area contributed by atoms with Gasteiger partial charge in [-0.2, -0.15) is 0 Å². The summed E-state index contributed by atoms with van der Waals surface area (Å²) in [6, 6.07) is 0. The molecule has 5 rings (SSSR count). The lowest BCUT2D eigenvalue weighted by Gasteiger charge is -2.33. The van der Waals surface area contributed by atoms with Gasteiger partial charge >= 0.3 is 0 Å². The Labute approximate surface area is 153 Å². The van der Waals surface area contributed by atoms with Gasteiger partial charge in [-0.05, 0) is 23.5 Å². The SMILES string of the molecule is C1COC2=C(O1)SC(=C1SC3=C(S1)SC1OCCOC1S3)S2. The second kappa shape index (κ2) is 6.29. The number of fused-ring (bicyclic) bond motifs is 1. The van der Waals surface area contributed by atoms with E-state index in [-0.39, 0.29) is 10.9 Å². The molecule has 5 aliphatic heterocycles. The molecule has 0 bridgehead atoms. The lowest BCUT2D eigenvalue weighted by molar-refractivity contribution is -0.0659. The molecule has 0 aromatic rings. The topological polar surface area (TPSA) is 36.9 Å². The molecule has 1 saturated heterocycles. The van der Waals surface area contributed by atoms with Gasteiger partial charge < -0.3 is 18.9 Å². The third-order valence-electron chi connectivity index (χ3n) is 3.11. The monoisotopic (exact) mass is 410 g/mol. The van der Waals surface area contributed by atoms with Gasteiger partial charge in [-0.15, -0.1) is 0 Å². The van der Waals surface area contributed by atoms with E-state index in [2.05, 4.69) is 0 Å². The zero-order valence-electron chi connectivity index (χ0n) is 11.1. The second-order valence-corrected chi connectivity index (χ2v) is 11.8. The van der Waals surface area contributed by atoms with Gasteiger partial charge in [-0.3, -0.25) is 0 Å². The van der Waals surface area contributed by atoms with E-state index in [1.165, 1.54) is 16.9 Å². The third-order valence-corrected chi connectivity index (χ3v) is 11.9. The van der Waals surface area contributed by atoms with Crippen LogP contribution in [0.2, 0.25) is 0 Å². The van der Waals surface area contributed by atoms with Crippen LogP contribution in [0.5, 0.6) is 0 Å². The van der Waals surface area contributed by atoms with Crippen LogP contribution in [0.1, 0.15) is 0 Å². The fourth-order valence-electron chi connectivity index (χ4n) is 2.18. The zero-order valence-corrected chi connectivity index (χ0v) is 16.0. The molecule has 0 radical (unpaired) electrons. The minimum Gasteiger partial charge on any atom is -0.480 e. The summed E-state index contributed by atoms with van der Waals surface area (Å²) in [7, 11) is 0. The zero-order chi connectivity index (χ0) is 14.5. The summed E-state index contributed by atoms with van der Waals surface area (Å²) in [5.41, 5.74) is 0.244. The van der Waals surface area contributed by atoms with Crippen molar-refractivity contribution in [2.24, 2.45) is 0 Å². The first-order chi connectivity index (χ1) is 10.9. The normalized spacial score (nSPS) is 34.2. The molecular weight excluding hydrogens is 401 g/mol. The van der Waals surface area contributed by atoms with Gasteiger partial charge in [0.25, 0.3) is 0 Å². The van der Waals surface area contributed by atoms with E-state index in [1.807, 2.05) is 23.5 Å². The molecule has 0 N–H and O–H groups in total. The van der Waals surface area contributed by atoms with Gasteiger partial charge in [0.05, 0.1) is 30.2 Å². The smallest absolute Gasteiger partial charge is 0.208 e. The summed E-state index contributed by atoms with van der Waals surface area (Å²) in [4.78, 5) is 0. The van der Waals surface area contributed by atoms with Crippen molar-refractivity contribution in [1.82, 2.24) is 0 Å². The van der Waals surface area contributed by atoms with Crippen LogP contribution in [0.3, 0.4) is 0 Å². The fraction of sp³-hybridized carbons (Fsp3) is 0.500. The van der Waals surface area contributed by atoms with Crippen LogP contribution in [-0.2, 0) is 18.9 Å². The van der Waals surface area contributed by atoms with Gasteiger partial charge in [-0.1, -0.05) is 47.0 Å². The molecule has 2 atom stereocenters. The Hall–Kier alpha value is 0.840. The lowest BCUT2D eigenvalue weighted by atomic mass is 10.6. The summed E-state index contributed by atoms with van der Waals surface area (Å²) in [6.07, 6.45) is 0. The van der Waals surface area contributed by atoms with E-state index < -0.39 is 0 Å². The Morgan fingerprint density at radius 3 is 1.64 bits per heavy atom. The summed E-state index contributed by atoms with van der Waals surface area (Å²) in [6.45, 7) is 2.68. The average Bonchev–Trinajstić information content (AvgIpc) is 3.15. The van der Waals surface area contributed by atoms with Gasteiger partial charge in [0.2, 0.25) is 10.2 Å². The predicted molar refractivity (Wildman–Crippen MR) is 98.0 cm³/mol. The maximum Gasteiger partial charge on any atom is 0.208 e. The molecule has 0 spiro atoms. The molecule has 0 aliphatic carbocycles. The van der Waals surface area contributed by atoms with Crippen molar-refractivity contribution in [3.05, 3.63) is 27.1 Å². The van der Waals surface area contributed by atoms with Crippen LogP contribution in [0, 0.1) is 0 Å². The molecule has 22 heavy (non-hydrogen) atoms. The van der Waals surface area contributed by atoms with Crippen LogP contribution in [0.4, 0.5) is 0 Å². The van der Waals surface area contributed by atoms with Gasteiger partial charge in [0.15, 0.2) is 0 Å². The van der Waals surface area contributed by atoms with E-state index in [0.717, 1.165) is 10.2 Å². The first-order valence-electron chi connectivity index (χ1n) is 6.63. The highest BCUT2D eigenvalue weighted by Gasteiger charge is 2.41. The average molecular weight is 411 g/mol.